The van der Waals surface area contributed by atoms with E-state index in [0.29, 0.717) is 11.2 Å². The number of rotatable bonds is 5. The summed E-state index contributed by atoms with van der Waals surface area (Å²) in [7, 11) is -0.0757. The van der Waals surface area contributed by atoms with E-state index in [1.54, 1.807) is 43.6 Å². The minimum absolute atomic E-state index is 0.160. The second-order valence-electron chi connectivity index (χ2n) is 7.11. The van der Waals surface area contributed by atoms with E-state index in [2.05, 4.69) is 26.6 Å². The van der Waals surface area contributed by atoms with Gasteiger partial charge in [0.1, 0.15) is 10.6 Å². The third-order valence-corrected chi connectivity index (χ3v) is 6.57. The Morgan fingerprint density at radius 3 is 2.55 bits per heavy atom. The van der Waals surface area contributed by atoms with E-state index in [4.69, 9.17) is 4.74 Å². The van der Waals surface area contributed by atoms with Crippen LogP contribution in [0, 0.1) is 0 Å². The first kappa shape index (κ1) is 19.5. The van der Waals surface area contributed by atoms with Gasteiger partial charge in [-0.15, -0.1) is 0 Å². The van der Waals surface area contributed by atoms with Crippen LogP contribution in [0.25, 0.3) is 10.9 Å². The van der Waals surface area contributed by atoms with Crippen molar-refractivity contribution in [2.75, 3.05) is 50.0 Å². The first-order valence-corrected chi connectivity index (χ1v) is 10.9. The van der Waals surface area contributed by atoms with Gasteiger partial charge in [-0.25, -0.2) is 8.42 Å². The number of anilines is 2. The largest absolute Gasteiger partial charge is 0.495 e. The number of hydrogen-bond acceptors (Lipinski definition) is 6. The van der Waals surface area contributed by atoms with Gasteiger partial charge >= 0.3 is 0 Å². The first-order valence-electron chi connectivity index (χ1n) is 9.46. The van der Waals surface area contributed by atoms with Gasteiger partial charge in [0.25, 0.3) is 10.0 Å². The molecular formula is C21H24N4O3S. The maximum Gasteiger partial charge on any atom is 0.264 e. The van der Waals surface area contributed by atoms with Crippen LogP contribution in [0.4, 0.5) is 11.4 Å². The Morgan fingerprint density at radius 1 is 1.03 bits per heavy atom. The number of para-hydroxylation sites is 1. The molecule has 0 radical (unpaired) electrons. The number of benzene rings is 2. The molecule has 152 valence electrons. The van der Waals surface area contributed by atoms with Gasteiger partial charge in [0.05, 0.1) is 24.0 Å². The molecule has 1 fully saturated rings. The summed E-state index contributed by atoms with van der Waals surface area (Å²) in [6.45, 7) is 3.61. The molecule has 0 saturated carbocycles. The normalized spacial score (nSPS) is 15.4. The highest BCUT2D eigenvalue weighted by Gasteiger charge is 2.21. The number of fused-ring (bicyclic) bond motifs is 1. The minimum Gasteiger partial charge on any atom is -0.495 e. The average Bonchev–Trinajstić information content (AvgIpc) is 2.73. The maximum absolute atomic E-state index is 13.1. The van der Waals surface area contributed by atoms with Crippen LogP contribution in [-0.4, -0.2) is 58.6 Å². The summed E-state index contributed by atoms with van der Waals surface area (Å²) in [6.07, 6.45) is 1.60. The Morgan fingerprint density at radius 2 is 1.79 bits per heavy atom. The number of likely N-dealkylation sites (N-methyl/N-ethyl adjacent to an activating group) is 1. The lowest BCUT2D eigenvalue weighted by Gasteiger charge is -2.35. The van der Waals surface area contributed by atoms with E-state index in [0.717, 1.165) is 43.0 Å². The lowest BCUT2D eigenvalue weighted by molar-refractivity contribution is 0.311. The molecule has 1 N–H and O–H groups in total. The molecule has 2 heterocycles. The Bertz CT molecular complexity index is 1120. The van der Waals surface area contributed by atoms with E-state index in [9.17, 15) is 8.42 Å². The first-order chi connectivity index (χ1) is 14.0. The van der Waals surface area contributed by atoms with Crippen molar-refractivity contribution in [1.82, 2.24) is 9.88 Å². The summed E-state index contributed by atoms with van der Waals surface area (Å²) in [4.78, 5) is 8.91. The van der Waals surface area contributed by atoms with E-state index < -0.39 is 10.0 Å². The zero-order valence-electron chi connectivity index (χ0n) is 16.5. The second kappa shape index (κ2) is 7.88. The van der Waals surface area contributed by atoms with Crippen molar-refractivity contribution in [1.29, 1.82) is 0 Å². The predicted octanol–water partition coefficient (Wildman–Crippen LogP) is 2.80. The lowest BCUT2D eigenvalue weighted by Crippen LogP contribution is -2.44. The SMILES string of the molecule is COc1ccc(NS(=O)(=O)c2cccc3cccnc23)cc1N1CCN(C)CC1. The summed E-state index contributed by atoms with van der Waals surface area (Å²) < 4.78 is 34.4. The molecule has 1 aromatic heterocycles. The lowest BCUT2D eigenvalue weighted by atomic mass is 10.2. The molecule has 7 nitrogen and oxygen atoms in total. The molecule has 3 aromatic rings. The molecule has 1 aliphatic rings. The molecule has 0 bridgehead atoms. The standard InChI is InChI=1S/C21H24N4O3S/c1-24-11-13-25(14-12-24)18-15-17(8-9-19(18)28-2)23-29(26,27)20-7-3-5-16-6-4-10-22-21(16)20/h3-10,15,23H,11-14H2,1-2H3. The Kier molecular flexibility index (Phi) is 5.29. The second-order valence-corrected chi connectivity index (χ2v) is 8.76. The summed E-state index contributed by atoms with van der Waals surface area (Å²) in [5.74, 6) is 0.726. The van der Waals surface area contributed by atoms with E-state index in [-0.39, 0.29) is 4.90 Å². The van der Waals surface area contributed by atoms with E-state index in [1.165, 1.54) is 0 Å². The fraction of sp³-hybridized carbons (Fsp3) is 0.286. The molecule has 1 saturated heterocycles. The fourth-order valence-corrected chi connectivity index (χ4v) is 4.78. The molecule has 0 spiro atoms. The van der Waals surface area contributed by atoms with Gasteiger partial charge in [0.2, 0.25) is 0 Å². The van der Waals surface area contributed by atoms with Gasteiger partial charge in [0, 0.05) is 37.8 Å². The highest BCUT2D eigenvalue weighted by atomic mass is 32.2. The summed E-state index contributed by atoms with van der Waals surface area (Å²) in [6, 6.07) is 14.1. The molecule has 2 aromatic carbocycles. The van der Waals surface area contributed by atoms with Gasteiger partial charge < -0.3 is 14.5 Å². The number of nitrogens with one attached hydrogen (secondary N) is 1. The number of ether oxygens (including phenoxy) is 1. The third kappa shape index (κ3) is 3.99. The number of aromatic nitrogens is 1. The number of sulfonamides is 1. The van der Waals surface area contributed by atoms with Crippen LogP contribution >= 0.6 is 0 Å². The van der Waals surface area contributed by atoms with Crippen LogP contribution in [0.2, 0.25) is 0 Å². The molecule has 0 unspecified atom stereocenters. The van der Waals surface area contributed by atoms with Crippen LogP contribution in [0.3, 0.4) is 0 Å². The highest BCUT2D eigenvalue weighted by molar-refractivity contribution is 7.93. The monoisotopic (exact) mass is 412 g/mol. The van der Waals surface area contributed by atoms with Gasteiger partial charge in [0.15, 0.2) is 0 Å². The quantitative estimate of drug-likeness (QED) is 0.695. The van der Waals surface area contributed by atoms with E-state index >= 15 is 0 Å². The summed E-state index contributed by atoms with van der Waals surface area (Å²) in [5.41, 5.74) is 1.83. The molecule has 1 aliphatic heterocycles. The molecule has 0 atom stereocenters. The fourth-order valence-electron chi connectivity index (χ4n) is 3.55. The van der Waals surface area contributed by atoms with Crippen molar-refractivity contribution in [2.45, 2.75) is 4.90 Å². The number of methoxy groups -OCH3 is 1. The van der Waals surface area contributed by atoms with E-state index in [1.807, 2.05) is 18.2 Å². The van der Waals surface area contributed by atoms with Crippen molar-refractivity contribution in [2.24, 2.45) is 0 Å². The van der Waals surface area contributed by atoms with Gasteiger partial charge in [-0.05, 0) is 37.4 Å². The topological polar surface area (TPSA) is 74.8 Å². The van der Waals surface area contributed by atoms with Crippen molar-refractivity contribution in [3.8, 4) is 5.75 Å². The van der Waals surface area contributed by atoms with Gasteiger partial charge in [-0.1, -0.05) is 18.2 Å². The van der Waals surface area contributed by atoms with Gasteiger partial charge in [-0.2, -0.15) is 0 Å². The van der Waals surface area contributed by atoms with Crippen LogP contribution in [0.1, 0.15) is 0 Å². The number of piperazine rings is 1. The molecule has 4 rings (SSSR count). The average molecular weight is 413 g/mol. The Labute approximate surface area is 171 Å². The molecule has 0 amide bonds. The smallest absolute Gasteiger partial charge is 0.264 e. The van der Waals surface area contributed by atoms with Crippen LogP contribution in [0.15, 0.2) is 59.6 Å². The third-order valence-electron chi connectivity index (χ3n) is 5.16. The van der Waals surface area contributed by atoms with Crippen LogP contribution in [-0.2, 0) is 10.0 Å². The molecule has 0 aliphatic carbocycles. The molecule has 8 heteroatoms. The summed E-state index contributed by atoms with van der Waals surface area (Å²) in [5, 5.41) is 0.781. The summed E-state index contributed by atoms with van der Waals surface area (Å²) >= 11 is 0. The maximum atomic E-state index is 13.1. The Hall–Kier alpha value is -2.84. The number of nitrogens with zero attached hydrogens (tertiary/aromatic N) is 3. The van der Waals surface area contributed by atoms with Crippen molar-refractivity contribution in [3.63, 3.8) is 0 Å². The van der Waals surface area contributed by atoms with Crippen molar-refractivity contribution in [3.05, 3.63) is 54.7 Å². The highest BCUT2D eigenvalue weighted by Crippen LogP contribution is 2.33. The Balaban J connectivity index is 1.67. The van der Waals surface area contributed by atoms with Gasteiger partial charge in [-0.3, -0.25) is 9.71 Å². The van der Waals surface area contributed by atoms with Crippen LogP contribution in [0.5, 0.6) is 5.75 Å². The van der Waals surface area contributed by atoms with Crippen molar-refractivity contribution < 1.29 is 13.2 Å². The van der Waals surface area contributed by atoms with Crippen molar-refractivity contribution >= 4 is 32.3 Å². The molecular weight excluding hydrogens is 388 g/mol. The zero-order valence-corrected chi connectivity index (χ0v) is 17.3. The zero-order chi connectivity index (χ0) is 20.4. The molecule has 29 heavy (non-hydrogen) atoms. The van der Waals surface area contributed by atoms with Crippen LogP contribution < -0.4 is 14.4 Å². The predicted molar refractivity (Wildman–Crippen MR) is 115 cm³/mol. The number of pyridine rings is 1. The number of hydrogen-bond donors (Lipinski definition) is 1. The minimum atomic E-state index is -3.80.